The minimum atomic E-state index is -0.157. The summed E-state index contributed by atoms with van der Waals surface area (Å²) < 4.78 is 5.20. The molecule has 0 radical (unpaired) electrons. The highest BCUT2D eigenvalue weighted by molar-refractivity contribution is 5.96. The van der Waals surface area contributed by atoms with E-state index in [2.05, 4.69) is 6.92 Å². The average Bonchev–Trinajstić information content (AvgIpc) is 2.83. The maximum Gasteiger partial charge on any atom is 0.334 e. The van der Waals surface area contributed by atoms with Crippen molar-refractivity contribution >= 4 is 11.8 Å². The molecule has 19 heavy (non-hydrogen) atoms. The van der Waals surface area contributed by atoms with Crippen LogP contribution in [0.2, 0.25) is 0 Å². The SMILES string of the molecule is CCCCC1=C(C(=O)OCC)[C@@H]2[C@H]1[C@H]1CC(=O)[C@@H]2C1. The lowest BCUT2D eigenvalue weighted by molar-refractivity contribution is -0.140. The van der Waals surface area contributed by atoms with E-state index in [0.29, 0.717) is 24.2 Å². The number of ether oxygens (including phenoxy) is 1. The van der Waals surface area contributed by atoms with E-state index in [0.717, 1.165) is 37.7 Å². The van der Waals surface area contributed by atoms with Gasteiger partial charge in [0.2, 0.25) is 0 Å². The molecule has 0 N–H and O–H groups in total. The third kappa shape index (κ3) is 1.78. The number of rotatable bonds is 5. The van der Waals surface area contributed by atoms with Gasteiger partial charge in [0.15, 0.2) is 0 Å². The zero-order valence-electron chi connectivity index (χ0n) is 11.8. The van der Waals surface area contributed by atoms with E-state index in [1.807, 2.05) is 6.92 Å². The van der Waals surface area contributed by atoms with Crippen LogP contribution in [0, 0.1) is 23.7 Å². The summed E-state index contributed by atoms with van der Waals surface area (Å²) in [4.78, 5) is 24.0. The Kier molecular flexibility index (Phi) is 3.23. The first kappa shape index (κ1) is 12.9. The predicted octanol–water partition coefficient (Wildman–Crippen LogP) is 2.89. The summed E-state index contributed by atoms with van der Waals surface area (Å²) in [5.41, 5.74) is 2.20. The number of esters is 1. The highest BCUT2D eigenvalue weighted by Crippen LogP contribution is 2.63. The van der Waals surface area contributed by atoms with Gasteiger partial charge in [-0.2, -0.15) is 0 Å². The minimum absolute atomic E-state index is 0.125. The van der Waals surface area contributed by atoms with Crippen LogP contribution in [0.15, 0.2) is 11.1 Å². The predicted molar refractivity (Wildman–Crippen MR) is 71.4 cm³/mol. The second-order valence-electron chi connectivity index (χ2n) is 6.09. The van der Waals surface area contributed by atoms with E-state index < -0.39 is 0 Å². The van der Waals surface area contributed by atoms with Crippen LogP contribution in [0.3, 0.4) is 0 Å². The van der Waals surface area contributed by atoms with E-state index >= 15 is 0 Å². The third-order valence-corrected chi connectivity index (χ3v) is 5.14. The van der Waals surface area contributed by atoms with Gasteiger partial charge in [0.1, 0.15) is 5.78 Å². The molecule has 0 saturated heterocycles. The van der Waals surface area contributed by atoms with E-state index in [9.17, 15) is 9.59 Å². The Morgan fingerprint density at radius 3 is 2.79 bits per heavy atom. The molecule has 0 unspecified atom stereocenters. The lowest BCUT2D eigenvalue weighted by Crippen LogP contribution is -2.42. The molecule has 4 atom stereocenters. The van der Waals surface area contributed by atoms with Gasteiger partial charge in [0, 0.05) is 23.8 Å². The van der Waals surface area contributed by atoms with Gasteiger partial charge in [-0.15, -0.1) is 0 Å². The zero-order valence-corrected chi connectivity index (χ0v) is 11.8. The highest BCUT2D eigenvalue weighted by Gasteiger charge is 2.61. The molecule has 3 aliphatic rings. The molecule has 104 valence electrons. The monoisotopic (exact) mass is 262 g/mol. The number of hydrogen-bond acceptors (Lipinski definition) is 3. The largest absolute Gasteiger partial charge is 0.463 e. The third-order valence-electron chi connectivity index (χ3n) is 5.14. The number of fused-ring (bicyclic) bond motifs is 5. The van der Waals surface area contributed by atoms with Crippen LogP contribution in [0.1, 0.15) is 46.0 Å². The first-order valence-electron chi connectivity index (χ1n) is 7.61. The molecule has 3 rings (SSSR count). The number of hydrogen-bond donors (Lipinski definition) is 0. The number of allylic oxidation sites excluding steroid dienone is 1. The van der Waals surface area contributed by atoms with Crippen molar-refractivity contribution in [3.8, 4) is 0 Å². The van der Waals surface area contributed by atoms with Crippen LogP contribution in [-0.2, 0) is 14.3 Å². The summed E-state index contributed by atoms with van der Waals surface area (Å²) in [6.07, 6.45) is 5.05. The van der Waals surface area contributed by atoms with E-state index in [-0.39, 0.29) is 17.8 Å². The molecule has 0 heterocycles. The van der Waals surface area contributed by atoms with Crippen molar-refractivity contribution in [2.45, 2.75) is 46.0 Å². The van der Waals surface area contributed by atoms with Gasteiger partial charge in [-0.3, -0.25) is 4.79 Å². The second-order valence-corrected chi connectivity index (χ2v) is 6.09. The van der Waals surface area contributed by atoms with Crippen molar-refractivity contribution in [3.05, 3.63) is 11.1 Å². The van der Waals surface area contributed by atoms with Gasteiger partial charge in [0.05, 0.1) is 6.61 Å². The lowest BCUT2D eigenvalue weighted by Gasteiger charge is -2.43. The average molecular weight is 262 g/mol. The molecule has 3 nitrogen and oxygen atoms in total. The van der Waals surface area contributed by atoms with Gasteiger partial charge in [0.25, 0.3) is 0 Å². The van der Waals surface area contributed by atoms with Crippen molar-refractivity contribution in [2.24, 2.45) is 23.7 Å². The first-order chi connectivity index (χ1) is 9.19. The van der Waals surface area contributed by atoms with Crippen molar-refractivity contribution < 1.29 is 14.3 Å². The lowest BCUT2D eigenvalue weighted by atomic mass is 9.60. The summed E-state index contributed by atoms with van der Waals surface area (Å²) in [6, 6.07) is 0. The highest BCUT2D eigenvalue weighted by atomic mass is 16.5. The second kappa shape index (κ2) is 4.77. The molecule has 2 bridgehead atoms. The van der Waals surface area contributed by atoms with Crippen molar-refractivity contribution in [1.29, 1.82) is 0 Å². The number of unbranched alkanes of at least 4 members (excludes halogenated alkanes) is 1. The molecule has 0 aromatic carbocycles. The van der Waals surface area contributed by atoms with Crippen LogP contribution >= 0.6 is 0 Å². The molecule has 0 aliphatic heterocycles. The Labute approximate surface area is 114 Å². The van der Waals surface area contributed by atoms with Gasteiger partial charge < -0.3 is 4.74 Å². The summed E-state index contributed by atoms with van der Waals surface area (Å²) in [6.45, 7) is 4.43. The molecule has 2 saturated carbocycles. The molecular weight excluding hydrogens is 240 g/mol. The summed E-state index contributed by atoms with van der Waals surface area (Å²) in [7, 11) is 0. The van der Waals surface area contributed by atoms with E-state index in [1.165, 1.54) is 5.57 Å². The first-order valence-corrected chi connectivity index (χ1v) is 7.61. The van der Waals surface area contributed by atoms with Crippen molar-refractivity contribution in [2.75, 3.05) is 6.61 Å². The fraction of sp³-hybridized carbons (Fsp3) is 0.750. The number of carbonyl (C=O) groups is 2. The number of carbonyl (C=O) groups excluding carboxylic acids is 2. The van der Waals surface area contributed by atoms with Gasteiger partial charge in [-0.05, 0) is 38.0 Å². The van der Waals surface area contributed by atoms with Crippen LogP contribution in [0.5, 0.6) is 0 Å². The molecule has 3 heteroatoms. The van der Waals surface area contributed by atoms with Crippen molar-refractivity contribution in [1.82, 2.24) is 0 Å². The fourth-order valence-electron chi connectivity index (χ4n) is 4.44. The molecule has 0 spiro atoms. The Morgan fingerprint density at radius 2 is 2.11 bits per heavy atom. The summed E-state index contributed by atoms with van der Waals surface area (Å²) in [5, 5.41) is 0. The zero-order chi connectivity index (χ0) is 13.6. The maximum absolute atomic E-state index is 12.1. The van der Waals surface area contributed by atoms with Gasteiger partial charge in [-0.1, -0.05) is 18.9 Å². The molecule has 0 amide bonds. The van der Waals surface area contributed by atoms with Crippen LogP contribution in [-0.4, -0.2) is 18.4 Å². The molecule has 0 aromatic rings. The van der Waals surface area contributed by atoms with Crippen molar-refractivity contribution in [3.63, 3.8) is 0 Å². The molecule has 2 fully saturated rings. The Hall–Kier alpha value is -1.12. The minimum Gasteiger partial charge on any atom is -0.463 e. The molecule has 3 aliphatic carbocycles. The van der Waals surface area contributed by atoms with Crippen LogP contribution < -0.4 is 0 Å². The Balaban J connectivity index is 1.87. The standard InChI is InChI=1S/C16H22O3/c1-3-5-6-10-13-9-7-11(12(17)8-9)14(13)15(10)16(18)19-4-2/h9,11,13-14H,3-8H2,1-2H3/t9-,11+,13+,14+/m1/s1. The molecular formula is C16H22O3. The number of ketones is 1. The fourth-order valence-corrected chi connectivity index (χ4v) is 4.44. The normalized spacial score (nSPS) is 35.4. The van der Waals surface area contributed by atoms with Crippen LogP contribution in [0.4, 0.5) is 0 Å². The van der Waals surface area contributed by atoms with Gasteiger partial charge >= 0.3 is 5.97 Å². The van der Waals surface area contributed by atoms with E-state index in [4.69, 9.17) is 4.74 Å². The van der Waals surface area contributed by atoms with Crippen LogP contribution in [0.25, 0.3) is 0 Å². The Morgan fingerprint density at radius 1 is 1.32 bits per heavy atom. The number of Topliss-reactive ketones (excluding diaryl/α,β-unsaturated/α-hetero) is 1. The molecule has 0 aromatic heterocycles. The maximum atomic E-state index is 12.1. The van der Waals surface area contributed by atoms with E-state index in [1.54, 1.807) is 0 Å². The summed E-state index contributed by atoms with van der Waals surface area (Å²) >= 11 is 0. The quantitative estimate of drug-likeness (QED) is 0.715. The smallest absolute Gasteiger partial charge is 0.334 e. The topological polar surface area (TPSA) is 43.4 Å². The van der Waals surface area contributed by atoms with Gasteiger partial charge in [-0.25, -0.2) is 4.79 Å². The summed E-state index contributed by atoms with van der Waals surface area (Å²) in [5.74, 6) is 1.59. The Bertz CT molecular complexity index is 449.